The smallest absolute Gasteiger partial charge is 0.237 e. The van der Waals surface area contributed by atoms with Gasteiger partial charge in [-0.15, -0.1) is 0 Å². The average molecular weight is 401 g/mol. The van der Waals surface area contributed by atoms with Crippen molar-refractivity contribution in [3.8, 4) is 0 Å². The highest BCUT2D eigenvalue weighted by atomic mass is 19.4. The van der Waals surface area contributed by atoms with Crippen LogP contribution in [0.15, 0.2) is 0 Å². The highest BCUT2D eigenvalue weighted by Crippen LogP contribution is 2.62. The molecule has 0 saturated heterocycles. The molecule has 24 heavy (non-hydrogen) atoms. The van der Waals surface area contributed by atoms with Gasteiger partial charge in [0.2, 0.25) is 6.67 Å². The highest BCUT2D eigenvalue weighted by Gasteiger charge is 2.93. The van der Waals surface area contributed by atoms with Gasteiger partial charge in [0.25, 0.3) is 0 Å². The first kappa shape index (κ1) is 22.9. The van der Waals surface area contributed by atoms with Crippen LogP contribution in [0.2, 0.25) is 0 Å². The minimum atomic E-state index is -8.38. The maximum atomic E-state index is 12.7. The maximum absolute atomic E-state index is 12.7. The second kappa shape index (κ2) is 5.44. The molecule has 0 aromatic carbocycles. The van der Waals surface area contributed by atoms with E-state index in [1.807, 2.05) is 0 Å². The summed E-state index contributed by atoms with van der Waals surface area (Å²) in [6.07, 6.45) is -7.65. The lowest BCUT2D eigenvalue weighted by Crippen LogP contribution is -2.72. The molecule has 0 aliphatic heterocycles. The average Bonchev–Trinajstić information content (AvgIpc) is 2.36. The van der Waals surface area contributed by atoms with Crippen LogP contribution in [0.1, 0.15) is 0 Å². The second-order valence-electron chi connectivity index (χ2n) is 4.10. The molecule has 1 radical (unpaired) electrons. The Morgan fingerprint density at radius 1 is 0.375 bits per heavy atom. The Bertz CT molecular complexity index is 455. The fourth-order valence-corrected chi connectivity index (χ4v) is 1.05. The molecule has 0 aliphatic rings. The molecular weight excluding hydrogens is 400 g/mol. The Morgan fingerprint density at radius 2 is 0.625 bits per heavy atom. The summed E-state index contributed by atoms with van der Waals surface area (Å²) in [5.41, 5.74) is 0. The molecule has 0 heterocycles. The summed E-state index contributed by atoms with van der Waals surface area (Å²) >= 11 is 0. The van der Waals surface area contributed by atoms with E-state index in [9.17, 15) is 70.2 Å². The predicted octanol–water partition coefficient (Wildman–Crippen LogP) is 5.49. The van der Waals surface area contributed by atoms with E-state index in [2.05, 4.69) is 0 Å². The number of halogens is 16. The summed E-state index contributed by atoms with van der Waals surface area (Å²) in [5, 5.41) is 0. The van der Waals surface area contributed by atoms with Gasteiger partial charge in [-0.05, 0) is 0 Å². The third-order valence-electron chi connectivity index (χ3n) is 2.49. The van der Waals surface area contributed by atoms with Crippen LogP contribution in [-0.2, 0) is 0 Å². The number of hydrogen-bond acceptors (Lipinski definition) is 0. The minimum absolute atomic E-state index is 2.66. The van der Waals surface area contributed by atoms with Gasteiger partial charge < -0.3 is 0 Å². The first-order chi connectivity index (χ1) is 10.1. The Morgan fingerprint density at radius 3 is 0.875 bits per heavy atom. The Kier molecular flexibility index (Phi) is 5.18. The summed E-state index contributed by atoms with van der Waals surface area (Å²) in [5.74, 6) is -47.7. The van der Waals surface area contributed by atoms with E-state index in [1.165, 1.54) is 0 Å². The van der Waals surface area contributed by atoms with Crippen molar-refractivity contribution >= 4 is 0 Å². The molecule has 0 aliphatic carbocycles. The minimum Gasteiger partial charge on any atom is -0.237 e. The zero-order valence-corrected chi connectivity index (χ0v) is 10.1. The quantitative estimate of drug-likeness (QED) is 0.517. The van der Waals surface area contributed by atoms with Crippen LogP contribution in [0.5, 0.6) is 0 Å². The van der Waals surface area contributed by atoms with Gasteiger partial charge in [0.05, 0.1) is 0 Å². The molecule has 16 heteroatoms. The first-order valence-corrected chi connectivity index (χ1v) is 4.84. The summed E-state index contributed by atoms with van der Waals surface area (Å²) in [6.45, 7) is -2.66. The zero-order valence-electron chi connectivity index (χ0n) is 10.1. The van der Waals surface area contributed by atoms with E-state index in [4.69, 9.17) is 0 Å². The van der Waals surface area contributed by atoms with E-state index in [0.29, 0.717) is 0 Å². The summed E-state index contributed by atoms with van der Waals surface area (Å²) in [6, 6.07) is 0. The van der Waals surface area contributed by atoms with Gasteiger partial charge in [-0.2, -0.15) is 65.9 Å². The molecule has 0 fully saturated rings. The standard InChI is InChI=1S/C8HF16/c9-1-2(10,11)3(12,13)4(14,15)5(16,17)6(18,19)7(20,21)8(22,23)24/h1H. The molecule has 0 nitrogen and oxygen atoms in total. The number of alkyl halides is 15. The Balaban J connectivity index is 6.42. The van der Waals surface area contributed by atoms with E-state index < -0.39 is 48.4 Å². The van der Waals surface area contributed by atoms with Gasteiger partial charge in [0.1, 0.15) is 0 Å². The molecule has 0 unspecified atom stereocenters. The number of hydrogen-bond donors (Lipinski definition) is 0. The summed E-state index contributed by atoms with van der Waals surface area (Å²) in [4.78, 5) is 0. The lowest BCUT2D eigenvalue weighted by atomic mass is 9.91. The summed E-state index contributed by atoms with van der Waals surface area (Å²) < 4.78 is 197. The molecule has 145 valence electrons. The van der Waals surface area contributed by atoms with Crippen molar-refractivity contribution in [1.29, 1.82) is 0 Å². The van der Waals surface area contributed by atoms with Gasteiger partial charge in [-0.1, -0.05) is 0 Å². The normalized spacial score (nSPS) is 16.5. The van der Waals surface area contributed by atoms with Crippen LogP contribution in [0, 0.1) is 6.67 Å². The molecule has 0 aromatic heterocycles. The third kappa shape index (κ3) is 2.64. The second-order valence-corrected chi connectivity index (χ2v) is 4.10. The molecule has 0 saturated carbocycles. The monoisotopic (exact) mass is 401 g/mol. The van der Waals surface area contributed by atoms with E-state index >= 15 is 0 Å². The van der Waals surface area contributed by atoms with Gasteiger partial charge in [0.15, 0.2) is 0 Å². The van der Waals surface area contributed by atoms with Gasteiger partial charge >= 0.3 is 41.7 Å². The molecule has 0 atom stereocenters. The van der Waals surface area contributed by atoms with E-state index in [1.54, 1.807) is 0 Å². The highest BCUT2D eigenvalue weighted by molar-refractivity contribution is 5.14. The van der Waals surface area contributed by atoms with E-state index in [0.717, 1.165) is 0 Å². The molecule has 0 amide bonds. The van der Waals surface area contributed by atoms with Crippen LogP contribution < -0.4 is 0 Å². The van der Waals surface area contributed by atoms with E-state index in [-0.39, 0.29) is 0 Å². The van der Waals surface area contributed by atoms with Crippen molar-refractivity contribution in [3.05, 3.63) is 6.67 Å². The molecular formula is C8HF16. The van der Waals surface area contributed by atoms with Gasteiger partial charge in [-0.25, -0.2) is 4.39 Å². The van der Waals surface area contributed by atoms with Crippen molar-refractivity contribution in [2.45, 2.75) is 41.7 Å². The SMILES string of the molecule is F[CH]C(F)(F)C(F)(F)C(F)(F)C(F)(F)C(F)(F)C(F)(F)C(F)(F)F. The third-order valence-corrected chi connectivity index (χ3v) is 2.49. The molecule has 0 aromatic rings. The lowest BCUT2D eigenvalue weighted by Gasteiger charge is -2.40. The van der Waals surface area contributed by atoms with Crippen molar-refractivity contribution in [1.82, 2.24) is 0 Å². The van der Waals surface area contributed by atoms with Gasteiger partial charge in [0, 0.05) is 0 Å². The Labute approximate surface area is 120 Å². The molecule has 0 spiro atoms. The largest absolute Gasteiger partial charge is 0.460 e. The van der Waals surface area contributed by atoms with Crippen LogP contribution in [0.3, 0.4) is 0 Å². The lowest BCUT2D eigenvalue weighted by molar-refractivity contribution is -0.451. The fraction of sp³-hybridized carbons (Fsp3) is 0.875. The fourth-order valence-electron chi connectivity index (χ4n) is 1.05. The van der Waals surface area contributed by atoms with Crippen LogP contribution in [0.4, 0.5) is 70.2 Å². The van der Waals surface area contributed by atoms with Crippen molar-refractivity contribution in [2.75, 3.05) is 0 Å². The molecule has 0 rings (SSSR count). The Hall–Kier alpha value is -1.12. The number of rotatable bonds is 6. The maximum Gasteiger partial charge on any atom is 0.460 e. The van der Waals surface area contributed by atoms with Crippen LogP contribution in [0.25, 0.3) is 0 Å². The molecule has 0 bridgehead atoms. The van der Waals surface area contributed by atoms with Crippen molar-refractivity contribution < 1.29 is 70.2 Å². The predicted molar refractivity (Wildman–Crippen MR) is 41.1 cm³/mol. The van der Waals surface area contributed by atoms with Crippen LogP contribution in [-0.4, -0.2) is 41.7 Å². The topological polar surface area (TPSA) is 0 Å². The van der Waals surface area contributed by atoms with Gasteiger partial charge in [-0.3, -0.25) is 0 Å². The first-order valence-electron chi connectivity index (χ1n) is 4.84. The van der Waals surface area contributed by atoms with Crippen molar-refractivity contribution in [2.24, 2.45) is 0 Å². The van der Waals surface area contributed by atoms with Crippen LogP contribution >= 0.6 is 0 Å². The zero-order chi connectivity index (χ0) is 20.2. The van der Waals surface area contributed by atoms with Crippen molar-refractivity contribution in [3.63, 3.8) is 0 Å². The molecule has 0 N–H and O–H groups in total. The summed E-state index contributed by atoms with van der Waals surface area (Å²) in [7, 11) is 0.